The molecule has 1 aromatic heterocycles. The van der Waals surface area contributed by atoms with E-state index in [1.54, 1.807) is 0 Å². The lowest BCUT2D eigenvalue weighted by Crippen LogP contribution is -2.32. The van der Waals surface area contributed by atoms with Crippen LogP contribution in [-0.2, 0) is 9.53 Å². The van der Waals surface area contributed by atoms with Gasteiger partial charge in [0.15, 0.2) is 0 Å². The van der Waals surface area contributed by atoms with E-state index >= 15 is 0 Å². The molecule has 1 aromatic carbocycles. The maximum absolute atomic E-state index is 13.2. The maximum Gasteiger partial charge on any atom is 0.329 e. The first-order valence-corrected chi connectivity index (χ1v) is 11.7. The van der Waals surface area contributed by atoms with Gasteiger partial charge in [0.1, 0.15) is 6.04 Å². The van der Waals surface area contributed by atoms with E-state index in [-0.39, 0.29) is 11.5 Å². The van der Waals surface area contributed by atoms with E-state index in [4.69, 9.17) is 4.74 Å². The summed E-state index contributed by atoms with van der Waals surface area (Å²) in [6.45, 7) is 4.26. The summed E-state index contributed by atoms with van der Waals surface area (Å²) in [5.41, 5.74) is 0.521. The molecule has 158 valence electrons. The smallest absolute Gasteiger partial charge is 0.329 e. The summed E-state index contributed by atoms with van der Waals surface area (Å²) in [7, 11) is 1.38. The Morgan fingerprint density at radius 1 is 1.31 bits per heavy atom. The van der Waals surface area contributed by atoms with Crippen LogP contribution in [0.25, 0.3) is 10.9 Å². The van der Waals surface area contributed by atoms with Crippen LogP contribution in [-0.4, -0.2) is 27.9 Å². The molecule has 1 aliphatic carbocycles. The lowest BCUT2D eigenvalue weighted by Gasteiger charge is -2.22. The molecule has 3 rings (SSSR count). The molecule has 1 fully saturated rings. The molecule has 0 aliphatic heterocycles. The summed E-state index contributed by atoms with van der Waals surface area (Å²) in [5.74, 6) is -0.00639. The first-order chi connectivity index (χ1) is 14.1. The first kappa shape index (κ1) is 21.9. The van der Waals surface area contributed by atoms with Crippen molar-refractivity contribution < 1.29 is 9.53 Å². The number of fused-ring (bicyclic) bond motifs is 1. The van der Waals surface area contributed by atoms with Gasteiger partial charge in [0.25, 0.3) is 5.56 Å². The number of aromatic nitrogens is 2. The molecule has 1 aliphatic rings. The topological polar surface area (TPSA) is 61.2 Å². The lowest BCUT2D eigenvalue weighted by molar-refractivity contribution is -0.145. The van der Waals surface area contributed by atoms with Gasteiger partial charge in [-0.05, 0) is 43.4 Å². The second-order valence-corrected chi connectivity index (χ2v) is 9.37. The minimum absolute atomic E-state index is 0.172. The summed E-state index contributed by atoms with van der Waals surface area (Å²) in [6, 6.07) is 5.24. The van der Waals surface area contributed by atoms with Gasteiger partial charge in [-0.25, -0.2) is 9.78 Å². The predicted molar refractivity (Wildman–Crippen MR) is 118 cm³/mol. The number of carbonyl (C=O) groups excluding carboxylic acids is 1. The van der Waals surface area contributed by atoms with Gasteiger partial charge >= 0.3 is 5.97 Å². The Morgan fingerprint density at radius 2 is 2.07 bits per heavy atom. The average molecular weight is 417 g/mol. The Bertz CT molecular complexity index is 889. The summed E-state index contributed by atoms with van der Waals surface area (Å²) < 4.78 is 6.49. The number of rotatable bonds is 9. The fraction of sp³-hybridized carbons (Fsp3) is 0.609. The first-order valence-electron chi connectivity index (χ1n) is 10.8. The van der Waals surface area contributed by atoms with Crippen LogP contribution in [0.1, 0.15) is 71.3 Å². The van der Waals surface area contributed by atoms with Gasteiger partial charge in [0.05, 0.1) is 24.3 Å². The Labute approximate surface area is 177 Å². The van der Waals surface area contributed by atoms with E-state index in [9.17, 15) is 9.59 Å². The van der Waals surface area contributed by atoms with Crippen molar-refractivity contribution in [2.75, 3.05) is 7.11 Å². The van der Waals surface area contributed by atoms with Crippen LogP contribution in [0, 0.1) is 5.92 Å². The normalized spacial score (nSPS) is 16.8. The zero-order valence-electron chi connectivity index (χ0n) is 17.7. The summed E-state index contributed by atoms with van der Waals surface area (Å²) in [6.07, 6.45) is 10.3. The molecule has 0 amide bonds. The minimum Gasteiger partial charge on any atom is -0.467 e. The minimum atomic E-state index is -0.631. The second kappa shape index (κ2) is 10.3. The third-order valence-corrected chi connectivity index (χ3v) is 7.33. The highest BCUT2D eigenvalue weighted by molar-refractivity contribution is 8.00. The third-order valence-electron chi connectivity index (χ3n) is 6.00. The number of hydrogen-bond acceptors (Lipinski definition) is 5. The summed E-state index contributed by atoms with van der Waals surface area (Å²) in [4.78, 5) is 31.4. The van der Waals surface area contributed by atoms with Crippen LogP contribution in [0.2, 0.25) is 0 Å². The monoisotopic (exact) mass is 416 g/mol. The van der Waals surface area contributed by atoms with E-state index in [2.05, 4.69) is 18.8 Å². The molecule has 2 unspecified atom stereocenters. The van der Waals surface area contributed by atoms with E-state index in [0.29, 0.717) is 28.5 Å². The van der Waals surface area contributed by atoms with E-state index < -0.39 is 6.04 Å². The molecule has 0 saturated heterocycles. The molecule has 2 aromatic rings. The zero-order valence-corrected chi connectivity index (χ0v) is 18.5. The summed E-state index contributed by atoms with van der Waals surface area (Å²) >= 11 is 1.88. The largest absolute Gasteiger partial charge is 0.467 e. The number of nitrogens with zero attached hydrogens (tertiary/aromatic N) is 2. The highest BCUT2D eigenvalue weighted by atomic mass is 32.2. The van der Waals surface area contributed by atoms with Crippen molar-refractivity contribution in [3.05, 3.63) is 34.9 Å². The number of ether oxygens (including phenoxy) is 1. The molecule has 1 heterocycles. The number of thioether (sulfide) groups is 1. The van der Waals surface area contributed by atoms with Gasteiger partial charge in [-0.15, -0.1) is 11.8 Å². The van der Waals surface area contributed by atoms with E-state index in [1.165, 1.54) is 43.7 Å². The van der Waals surface area contributed by atoms with Crippen LogP contribution in [0.5, 0.6) is 0 Å². The van der Waals surface area contributed by atoms with E-state index in [0.717, 1.165) is 24.2 Å². The summed E-state index contributed by atoms with van der Waals surface area (Å²) in [5, 5.41) is 1.22. The SMILES string of the molecule is CCCC(CC)CC(C(=O)OC)n1cnc2cc(SC3CCCC3)ccc2c1=O. The van der Waals surface area contributed by atoms with Gasteiger partial charge < -0.3 is 4.74 Å². The number of methoxy groups -OCH3 is 1. The van der Waals surface area contributed by atoms with E-state index in [1.807, 2.05) is 30.0 Å². The van der Waals surface area contributed by atoms with Crippen molar-refractivity contribution >= 4 is 28.6 Å². The Kier molecular flexibility index (Phi) is 7.76. The quantitative estimate of drug-likeness (QED) is 0.515. The van der Waals surface area contributed by atoms with Crippen LogP contribution >= 0.6 is 11.8 Å². The van der Waals surface area contributed by atoms with Crippen LogP contribution in [0.3, 0.4) is 0 Å². The van der Waals surface area contributed by atoms with Gasteiger partial charge in [0.2, 0.25) is 0 Å². The highest BCUT2D eigenvalue weighted by Crippen LogP contribution is 2.35. The molecular formula is C23H32N2O3S. The van der Waals surface area contributed by atoms with Crippen molar-refractivity contribution in [2.45, 2.75) is 81.4 Å². The fourth-order valence-electron chi connectivity index (χ4n) is 4.28. The molecule has 0 spiro atoms. The average Bonchev–Trinajstić information content (AvgIpc) is 3.24. The molecule has 5 nitrogen and oxygen atoms in total. The Morgan fingerprint density at radius 3 is 2.72 bits per heavy atom. The van der Waals surface area contributed by atoms with Gasteiger partial charge in [-0.1, -0.05) is 46.0 Å². The van der Waals surface area contributed by atoms with Crippen molar-refractivity contribution in [1.82, 2.24) is 9.55 Å². The Hall–Kier alpha value is -1.82. The Balaban J connectivity index is 1.91. The molecule has 29 heavy (non-hydrogen) atoms. The highest BCUT2D eigenvalue weighted by Gasteiger charge is 2.26. The van der Waals surface area contributed by atoms with Gasteiger partial charge in [-0.3, -0.25) is 9.36 Å². The van der Waals surface area contributed by atoms with Crippen molar-refractivity contribution in [2.24, 2.45) is 5.92 Å². The van der Waals surface area contributed by atoms with Crippen molar-refractivity contribution in [3.63, 3.8) is 0 Å². The number of carbonyl (C=O) groups is 1. The maximum atomic E-state index is 13.2. The standard InChI is InChI=1S/C23H32N2O3S/c1-4-8-16(5-2)13-21(23(27)28-3)25-15-24-20-14-18(11-12-19(20)22(25)26)29-17-9-6-7-10-17/h11-12,14-17,21H,4-10,13H2,1-3H3. The predicted octanol–water partition coefficient (Wildman–Crippen LogP) is 5.36. The molecular weight excluding hydrogens is 384 g/mol. The zero-order chi connectivity index (χ0) is 20.8. The molecule has 6 heteroatoms. The van der Waals surface area contributed by atoms with Crippen LogP contribution in [0.15, 0.2) is 34.2 Å². The van der Waals surface area contributed by atoms with Crippen molar-refractivity contribution in [1.29, 1.82) is 0 Å². The van der Waals surface area contributed by atoms with Crippen LogP contribution < -0.4 is 5.56 Å². The number of benzene rings is 1. The molecule has 1 saturated carbocycles. The van der Waals surface area contributed by atoms with Crippen molar-refractivity contribution in [3.8, 4) is 0 Å². The molecule has 2 atom stereocenters. The molecule has 0 N–H and O–H groups in total. The number of esters is 1. The third kappa shape index (κ3) is 5.21. The van der Waals surface area contributed by atoms with Gasteiger partial charge in [0, 0.05) is 10.1 Å². The molecule has 0 radical (unpaired) electrons. The van der Waals surface area contributed by atoms with Gasteiger partial charge in [-0.2, -0.15) is 0 Å². The second-order valence-electron chi connectivity index (χ2n) is 8.00. The van der Waals surface area contributed by atoms with Crippen LogP contribution in [0.4, 0.5) is 0 Å². The lowest BCUT2D eigenvalue weighted by atomic mass is 9.92. The molecule has 0 bridgehead atoms. The number of hydrogen-bond donors (Lipinski definition) is 0. The fourth-order valence-corrected chi connectivity index (χ4v) is 5.56.